The second-order valence-corrected chi connectivity index (χ2v) is 4.06. The number of rotatable bonds is 2. The molecule has 0 spiro atoms. The number of hydrogen-bond acceptors (Lipinski definition) is 4. The summed E-state index contributed by atoms with van der Waals surface area (Å²) in [4.78, 5) is 4.24. The van der Waals surface area contributed by atoms with Gasteiger partial charge < -0.3 is 4.52 Å². The number of halogens is 1. The van der Waals surface area contributed by atoms with Crippen molar-refractivity contribution in [2.24, 2.45) is 7.05 Å². The number of aryl methyl sites for hydroxylation is 1. The van der Waals surface area contributed by atoms with Crippen LogP contribution in [0.25, 0.3) is 11.6 Å². The van der Waals surface area contributed by atoms with Gasteiger partial charge in [0.05, 0.1) is 0 Å². The van der Waals surface area contributed by atoms with Crippen LogP contribution in [0.4, 0.5) is 4.39 Å². The third kappa shape index (κ3) is 1.41. The van der Waals surface area contributed by atoms with Gasteiger partial charge in [-0.1, -0.05) is 11.6 Å². The van der Waals surface area contributed by atoms with Gasteiger partial charge in [-0.15, -0.1) is 0 Å². The van der Waals surface area contributed by atoms with Crippen LogP contribution in [0.2, 0.25) is 0 Å². The maximum atomic E-state index is 13.1. The molecule has 0 unspecified atom stereocenters. The molecule has 84 valence electrons. The predicted octanol–water partition coefficient (Wildman–Crippen LogP) is 1.88. The van der Waals surface area contributed by atoms with Crippen molar-refractivity contribution in [3.8, 4) is 11.6 Å². The van der Waals surface area contributed by atoms with Crippen molar-refractivity contribution in [3.05, 3.63) is 17.8 Å². The summed E-state index contributed by atoms with van der Waals surface area (Å²) >= 11 is 0. The molecule has 0 radical (unpaired) electrons. The van der Waals surface area contributed by atoms with Crippen LogP contribution < -0.4 is 0 Å². The lowest BCUT2D eigenvalue weighted by Gasteiger charge is -2.20. The van der Waals surface area contributed by atoms with E-state index in [0.717, 1.165) is 17.5 Å². The summed E-state index contributed by atoms with van der Waals surface area (Å²) in [5, 5.41) is 7.84. The van der Waals surface area contributed by atoms with E-state index >= 15 is 0 Å². The average molecular weight is 222 g/mol. The zero-order chi connectivity index (χ0) is 11.1. The van der Waals surface area contributed by atoms with Gasteiger partial charge in [-0.3, -0.25) is 0 Å². The third-order valence-electron chi connectivity index (χ3n) is 2.95. The zero-order valence-electron chi connectivity index (χ0n) is 8.85. The number of aromatic nitrogens is 4. The second-order valence-electron chi connectivity index (χ2n) is 4.06. The maximum absolute atomic E-state index is 13.1. The highest BCUT2D eigenvalue weighted by atomic mass is 19.1. The van der Waals surface area contributed by atoms with Crippen molar-refractivity contribution in [1.82, 2.24) is 19.9 Å². The molecule has 0 atom stereocenters. The lowest BCUT2D eigenvalue weighted by atomic mass is 9.85. The minimum atomic E-state index is -0.418. The Morgan fingerprint density at radius 3 is 2.88 bits per heavy atom. The van der Waals surface area contributed by atoms with E-state index in [1.54, 1.807) is 0 Å². The molecule has 3 rings (SSSR count). The van der Waals surface area contributed by atoms with Gasteiger partial charge in [-0.05, 0) is 12.8 Å². The maximum Gasteiger partial charge on any atom is 0.278 e. The van der Waals surface area contributed by atoms with E-state index in [1.165, 1.54) is 19.5 Å². The molecule has 16 heavy (non-hydrogen) atoms. The smallest absolute Gasteiger partial charge is 0.278 e. The first-order chi connectivity index (χ1) is 7.74. The Hall–Kier alpha value is -1.72. The van der Waals surface area contributed by atoms with E-state index < -0.39 is 5.95 Å². The lowest BCUT2D eigenvalue weighted by Crippen LogP contribution is -2.10. The van der Waals surface area contributed by atoms with Crippen molar-refractivity contribution in [2.75, 3.05) is 0 Å². The SMILES string of the molecule is Cn1nc(-c2nc(C3CCC3)no2)cc1F. The molecule has 5 nitrogen and oxygen atoms in total. The number of nitrogens with zero attached hydrogens (tertiary/aromatic N) is 4. The van der Waals surface area contributed by atoms with Crippen molar-refractivity contribution in [3.63, 3.8) is 0 Å². The molecule has 1 aliphatic carbocycles. The van der Waals surface area contributed by atoms with Crippen molar-refractivity contribution >= 4 is 0 Å². The fraction of sp³-hybridized carbons (Fsp3) is 0.500. The van der Waals surface area contributed by atoms with E-state index in [4.69, 9.17) is 4.52 Å². The topological polar surface area (TPSA) is 56.7 Å². The molecule has 1 saturated carbocycles. The van der Waals surface area contributed by atoms with E-state index in [0.29, 0.717) is 23.3 Å². The highest BCUT2D eigenvalue weighted by molar-refractivity contribution is 5.45. The molecule has 6 heteroatoms. The molecule has 2 aromatic heterocycles. The van der Waals surface area contributed by atoms with Crippen LogP contribution in [-0.2, 0) is 7.05 Å². The highest BCUT2D eigenvalue weighted by Crippen LogP contribution is 2.35. The molecule has 2 heterocycles. The van der Waals surface area contributed by atoms with Crippen molar-refractivity contribution in [1.29, 1.82) is 0 Å². The highest BCUT2D eigenvalue weighted by Gasteiger charge is 2.25. The van der Waals surface area contributed by atoms with E-state index in [-0.39, 0.29) is 0 Å². The van der Waals surface area contributed by atoms with Crippen LogP contribution in [0.15, 0.2) is 10.6 Å². The first-order valence-electron chi connectivity index (χ1n) is 5.27. The van der Waals surface area contributed by atoms with Gasteiger partial charge in [0.15, 0.2) is 11.5 Å². The molecule has 1 aliphatic rings. The summed E-state index contributed by atoms with van der Waals surface area (Å²) in [6.07, 6.45) is 3.43. The summed E-state index contributed by atoms with van der Waals surface area (Å²) in [7, 11) is 1.53. The standard InChI is InChI=1S/C10H11FN4O/c1-15-8(11)5-7(13-15)10-12-9(14-16-10)6-3-2-4-6/h5-6H,2-4H2,1H3. The van der Waals surface area contributed by atoms with Crippen LogP contribution in [-0.4, -0.2) is 19.9 Å². The Morgan fingerprint density at radius 2 is 2.31 bits per heavy atom. The van der Waals surface area contributed by atoms with Crippen molar-refractivity contribution < 1.29 is 8.91 Å². The quantitative estimate of drug-likeness (QED) is 0.778. The minimum absolute atomic E-state index is 0.293. The Kier molecular flexibility index (Phi) is 2.02. The van der Waals surface area contributed by atoms with Crippen LogP contribution in [0, 0.1) is 5.95 Å². The Balaban J connectivity index is 1.91. The Morgan fingerprint density at radius 1 is 1.50 bits per heavy atom. The van der Waals surface area contributed by atoms with Crippen LogP contribution in [0.1, 0.15) is 31.0 Å². The second kappa shape index (κ2) is 3.40. The molecule has 1 fully saturated rings. The van der Waals surface area contributed by atoms with Crippen LogP contribution >= 0.6 is 0 Å². The summed E-state index contributed by atoms with van der Waals surface area (Å²) in [6, 6.07) is 1.29. The van der Waals surface area contributed by atoms with Crippen LogP contribution in [0.3, 0.4) is 0 Å². The third-order valence-corrected chi connectivity index (χ3v) is 2.95. The summed E-state index contributed by atoms with van der Waals surface area (Å²) < 4.78 is 19.3. The Bertz CT molecular complexity index is 495. The van der Waals surface area contributed by atoms with Crippen LogP contribution in [0.5, 0.6) is 0 Å². The van der Waals surface area contributed by atoms with Gasteiger partial charge in [-0.2, -0.15) is 14.5 Å². The normalized spacial score (nSPS) is 16.4. The largest absolute Gasteiger partial charge is 0.332 e. The van der Waals surface area contributed by atoms with Gasteiger partial charge in [0.25, 0.3) is 5.89 Å². The molecule has 2 aromatic rings. The van der Waals surface area contributed by atoms with Gasteiger partial charge >= 0.3 is 0 Å². The van der Waals surface area contributed by atoms with Gasteiger partial charge in [0.2, 0.25) is 5.95 Å². The van der Waals surface area contributed by atoms with Crippen molar-refractivity contribution in [2.45, 2.75) is 25.2 Å². The lowest BCUT2D eigenvalue weighted by molar-refractivity contribution is 0.365. The molecular formula is C10H11FN4O. The average Bonchev–Trinajstić information content (AvgIpc) is 2.73. The molecule has 0 saturated heterocycles. The molecule has 0 bridgehead atoms. The predicted molar refractivity (Wildman–Crippen MR) is 53.1 cm³/mol. The summed E-state index contributed by atoms with van der Waals surface area (Å²) in [5.74, 6) is 0.998. The zero-order valence-corrected chi connectivity index (χ0v) is 8.85. The number of hydrogen-bond donors (Lipinski definition) is 0. The minimum Gasteiger partial charge on any atom is -0.332 e. The Labute approximate surface area is 91.3 Å². The van der Waals surface area contributed by atoms with E-state index in [9.17, 15) is 4.39 Å². The molecular weight excluding hydrogens is 211 g/mol. The molecule has 0 aliphatic heterocycles. The monoisotopic (exact) mass is 222 g/mol. The van der Waals surface area contributed by atoms with Gasteiger partial charge in [0.1, 0.15) is 0 Å². The first kappa shape index (κ1) is 9.50. The fourth-order valence-electron chi connectivity index (χ4n) is 1.72. The van der Waals surface area contributed by atoms with Gasteiger partial charge in [0, 0.05) is 19.0 Å². The van der Waals surface area contributed by atoms with E-state index in [1.807, 2.05) is 0 Å². The van der Waals surface area contributed by atoms with Gasteiger partial charge in [-0.25, -0.2) is 4.68 Å². The molecule has 0 N–H and O–H groups in total. The molecule has 0 aromatic carbocycles. The summed E-state index contributed by atoms with van der Waals surface area (Å²) in [5.41, 5.74) is 0.387. The molecule has 0 amide bonds. The summed E-state index contributed by atoms with van der Waals surface area (Å²) in [6.45, 7) is 0. The fourth-order valence-corrected chi connectivity index (χ4v) is 1.72. The first-order valence-corrected chi connectivity index (χ1v) is 5.27. The van der Waals surface area contributed by atoms with E-state index in [2.05, 4.69) is 15.2 Å².